The van der Waals surface area contributed by atoms with E-state index >= 15 is 0 Å². The van der Waals surface area contributed by atoms with Gasteiger partial charge in [-0.1, -0.05) is 29.8 Å². The van der Waals surface area contributed by atoms with Gasteiger partial charge in [0.05, 0.1) is 0 Å². The molecule has 0 radical (unpaired) electrons. The highest BCUT2D eigenvalue weighted by Crippen LogP contribution is 2.02. The summed E-state index contributed by atoms with van der Waals surface area (Å²) < 4.78 is 0. The molecular formula is C8H13ClN2. The van der Waals surface area contributed by atoms with Gasteiger partial charge in [0.1, 0.15) is 0 Å². The van der Waals surface area contributed by atoms with E-state index in [-0.39, 0.29) is 12.4 Å². The van der Waals surface area contributed by atoms with E-state index in [0.29, 0.717) is 0 Å². The van der Waals surface area contributed by atoms with Crippen LogP contribution in [-0.2, 0) is 6.54 Å². The Bertz CT molecular complexity index is 213. The highest BCUT2D eigenvalue weighted by Gasteiger charge is 1.88. The Morgan fingerprint density at radius 1 is 1.45 bits per heavy atom. The minimum Gasteiger partial charge on any atom is -0.271 e. The van der Waals surface area contributed by atoms with Crippen LogP contribution in [0.15, 0.2) is 24.3 Å². The summed E-state index contributed by atoms with van der Waals surface area (Å²) in [6, 6.07) is 8.26. The zero-order chi connectivity index (χ0) is 7.40. The Balaban J connectivity index is 0.000001000. The van der Waals surface area contributed by atoms with E-state index in [9.17, 15) is 0 Å². The highest BCUT2D eigenvalue weighted by molar-refractivity contribution is 5.85. The first-order valence-electron chi connectivity index (χ1n) is 3.32. The Kier molecular flexibility index (Phi) is 4.86. The van der Waals surface area contributed by atoms with E-state index < -0.39 is 0 Å². The molecule has 2 nitrogen and oxygen atoms in total. The van der Waals surface area contributed by atoms with Crippen LogP contribution in [0.4, 0.5) is 0 Å². The topological polar surface area (TPSA) is 38.0 Å². The van der Waals surface area contributed by atoms with Crippen LogP contribution in [0.3, 0.4) is 0 Å². The molecule has 62 valence electrons. The van der Waals surface area contributed by atoms with Crippen LogP contribution in [0.1, 0.15) is 11.1 Å². The van der Waals surface area contributed by atoms with Gasteiger partial charge in [0.15, 0.2) is 0 Å². The van der Waals surface area contributed by atoms with E-state index in [4.69, 9.17) is 5.84 Å². The van der Waals surface area contributed by atoms with Gasteiger partial charge in [-0.2, -0.15) is 0 Å². The van der Waals surface area contributed by atoms with Gasteiger partial charge in [0, 0.05) is 6.54 Å². The average molecular weight is 173 g/mol. The number of rotatable bonds is 2. The fourth-order valence-electron chi connectivity index (χ4n) is 0.940. The fraction of sp³-hybridized carbons (Fsp3) is 0.250. The quantitative estimate of drug-likeness (QED) is 0.523. The van der Waals surface area contributed by atoms with Gasteiger partial charge >= 0.3 is 0 Å². The number of nitrogens with two attached hydrogens (primary N) is 1. The van der Waals surface area contributed by atoms with Gasteiger partial charge in [-0.25, -0.2) is 0 Å². The van der Waals surface area contributed by atoms with E-state index in [2.05, 4.69) is 24.5 Å². The molecule has 0 heterocycles. The Morgan fingerprint density at radius 3 is 2.73 bits per heavy atom. The first-order chi connectivity index (χ1) is 4.83. The lowest BCUT2D eigenvalue weighted by Crippen LogP contribution is -2.20. The number of benzene rings is 1. The third-order valence-corrected chi connectivity index (χ3v) is 1.39. The summed E-state index contributed by atoms with van der Waals surface area (Å²) in [6.45, 7) is 2.81. The normalized spacial score (nSPS) is 8.91. The van der Waals surface area contributed by atoms with Crippen LogP contribution < -0.4 is 11.3 Å². The monoisotopic (exact) mass is 172 g/mol. The van der Waals surface area contributed by atoms with E-state index in [1.165, 1.54) is 11.1 Å². The van der Waals surface area contributed by atoms with Crippen LogP contribution in [0.2, 0.25) is 0 Å². The summed E-state index contributed by atoms with van der Waals surface area (Å²) in [5.74, 6) is 5.16. The SMILES string of the molecule is Cc1cccc(CNN)c1.Cl. The van der Waals surface area contributed by atoms with Gasteiger partial charge in [0.25, 0.3) is 0 Å². The summed E-state index contributed by atoms with van der Waals surface area (Å²) in [7, 11) is 0. The molecule has 3 N–H and O–H groups in total. The summed E-state index contributed by atoms with van der Waals surface area (Å²) in [4.78, 5) is 0. The predicted molar refractivity (Wildman–Crippen MR) is 49.5 cm³/mol. The molecule has 0 fully saturated rings. The van der Waals surface area contributed by atoms with E-state index in [1.54, 1.807) is 0 Å². The van der Waals surface area contributed by atoms with Crippen LogP contribution in [0.25, 0.3) is 0 Å². The van der Waals surface area contributed by atoms with Crippen LogP contribution in [-0.4, -0.2) is 0 Å². The van der Waals surface area contributed by atoms with Crippen molar-refractivity contribution in [1.29, 1.82) is 0 Å². The standard InChI is InChI=1S/C8H12N2.ClH/c1-7-3-2-4-8(5-7)6-10-9;/h2-5,10H,6,9H2,1H3;1H. The summed E-state index contributed by atoms with van der Waals surface area (Å²) in [5, 5.41) is 0. The molecule has 0 aliphatic carbocycles. The molecule has 3 heteroatoms. The molecule has 0 amide bonds. The number of halogens is 1. The van der Waals surface area contributed by atoms with Crippen molar-refractivity contribution in [2.75, 3.05) is 0 Å². The Morgan fingerprint density at radius 2 is 2.18 bits per heavy atom. The van der Waals surface area contributed by atoms with Crippen molar-refractivity contribution < 1.29 is 0 Å². The van der Waals surface area contributed by atoms with Crippen molar-refractivity contribution in [3.63, 3.8) is 0 Å². The maximum absolute atomic E-state index is 5.16. The maximum atomic E-state index is 5.16. The van der Waals surface area contributed by atoms with Gasteiger partial charge in [-0.05, 0) is 12.5 Å². The Hall–Kier alpha value is -0.570. The molecule has 0 bridgehead atoms. The summed E-state index contributed by atoms with van der Waals surface area (Å²) in [6.07, 6.45) is 0. The van der Waals surface area contributed by atoms with Gasteiger partial charge in [0.2, 0.25) is 0 Å². The molecule has 0 spiro atoms. The van der Waals surface area contributed by atoms with Crippen LogP contribution in [0.5, 0.6) is 0 Å². The first kappa shape index (κ1) is 10.4. The van der Waals surface area contributed by atoms with Crippen molar-refractivity contribution >= 4 is 12.4 Å². The molecule has 0 saturated heterocycles. The zero-order valence-electron chi connectivity index (χ0n) is 6.50. The molecule has 1 aromatic carbocycles. The molecule has 0 atom stereocenters. The van der Waals surface area contributed by atoms with Crippen molar-refractivity contribution in [3.8, 4) is 0 Å². The predicted octanol–water partition coefficient (Wildman–Crippen LogP) is 1.38. The van der Waals surface area contributed by atoms with Crippen LogP contribution >= 0.6 is 12.4 Å². The first-order valence-corrected chi connectivity index (χ1v) is 3.32. The van der Waals surface area contributed by atoms with Crippen LogP contribution in [0, 0.1) is 6.92 Å². The highest BCUT2D eigenvalue weighted by atomic mass is 35.5. The second kappa shape index (κ2) is 5.13. The molecule has 0 aliphatic rings. The Labute approximate surface area is 73.2 Å². The van der Waals surface area contributed by atoms with Gasteiger partial charge in [-0.3, -0.25) is 11.3 Å². The number of hydrogen-bond donors (Lipinski definition) is 2. The number of hydrogen-bond acceptors (Lipinski definition) is 2. The number of aryl methyl sites for hydroxylation is 1. The second-order valence-electron chi connectivity index (χ2n) is 2.37. The van der Waals surface area contributed by atoms with Gasteiger partial charge < -0.3 is 0 Å². The fourth-order valence-corrected chi connectivity index (χ4v) is 0.940. The molecular weight excluding hydrogens is 160 g/mol. The molecule has 0 unspecified atom stereocenters. The van der Waals surface area contributed by atoms with Crippen molar-refractivity contribution in [1.82, 2.24) is 5.43 Å². The molecule has 1 rings (SSSR count). The molecule has 1 aromatic rings. The minimum absolute atomic E-state index is 0. The third-order valence-electron chi connectivity index (χ3n) is 1.39. The number of hydrazine groups is 1. The molecule has 0 saturated carbocycles. The molecule has 0 aromatic heterocycles. The van der Waals surface area contributed by atoms with Crippen molar-refractivity contribution in [2.24, 2.45) is 5.84 Å². The largest absolute Gasteiger partial charge is 0.271 e. The summed E-state index contributed by atoms with van der Waals surface area (Å²) in [5.41, 5.74) is 5.11. The lowest BCUT2D eigenvalue weighted by atomic mass is 10.1. The molecule has 11 heavy (non-hydrogen) atoms. The average Bonchev–Trinajstić information content (AvgIpc) is 1.88. The molecule has 0 aliphatic heterocycles. The van der Waals surface area contributed by atoms with Crippen molar-refractivity contribution in [3.05, 3.63) is 35.4 Å². The lowest BCUT2D eigenvalue weighted by Gasteiger charge is -1.99. The lowest BCUT2D eigenvalue weighted by molar-refractivity contribution is 0.741. The summed E-state index contributed by atoms with van der Waals surface area (Å²) >= 11 is 0. The van der Waals surface area contributed by atoms with E-state index in [1.807, 2.05) is 12.1 Å². The van der Waals surface area contributed by atoms with Crippen molar-refractivity contribution in [2.45, 2.75) is 13.5 Å². The third kappa shape index (κ3) is 3.37. The zero-order valence-corrected chi connectivity index (χ0v) is 7.32. The minimum atomic E-state index is 0. The van der Waals surface area contributed by atoms with E-state index in [0.717, 1.165) is 6.54 Å². The van der Waals surface area contributed by atoms with Gasteiger partial charge in [-0.15, -0.1) is 12.4 Å². The maximum Gasteiger partial charge on any atom is 0.0348 e. The number of nitrogens with one attached hydrogen (secondary N) is 1. The second-order valence-corrected chi connectivity index (χ2v) is 2.37. The smallest absolute Gasteiger partial charge is 0.0348 e.